The lowest BCUT2D eigenvalue weighted by Crippen LogP contribution is -2.28. The summed E-state index contributed by atoms with van der Waals surface area (Å²) in [5, 5.41) is 9.09. The van der Waals surface area contributed by atoms with Crippen molar-refractivity contribution in [2.75, 3.05) is 7.05 Å². The van der Waals surface area contributed by atoms with E-state index in [1.165, 1.54) is 19.2 Å². The van der Waals surface area contributed by atoms with Crippen LogP contribution >= 0.6 is 0 Å². The SMILES string of the molecule is Cc1ccc(S(=O)(=O)N(C)Cc2nccn2C(F)F)cc1C(=O)O. The Kier molecular flexibility index (Phi) is 4.99. The maximum atomic E-state index is 12.8. The third-order valence-electron chi connectivity index (χ3n) is 3.47. The zero-order valence-corrected chi connectivity index (χ0v) is 13.7. The molecule has 1 heterocycles. The van der Waals surface area contributed by atoms with Crippen LogP contribution in [0.4, 0.5) is 8.78 Å². The molecule has 10 heteroatoms. The van der Waals surface area contributed by atoms with Crippen molar-refractivity contribution in [2.24, 2.45) is 0 Å². The highest BCUT2D eigenvalue weighted by Gasteiger charge is 2.25. The first-order valence-electron chi connectivity index (χ1n) is 6.74. The summed E-state index contributed by atoms with van der Waals surface area (Å²) in [4.78, 5) is 14.6. The second kappa shape index (κ2) is 6.65. The maximum Gasteiger partial charge on any atom is 0.335 e. The largest absolute Gasteiger partial charge is 0.478 e. The average Bonchev–Trinajstić information content (AvgIpc) is 2.95. The van der Waals surface area contributed by atoms with Gasteiger partial charge in [-0.15, -0.1) is 0 Å². The number of aromatic carboxylic acids is 1. The monoisotopic (exact) mass is 359 g/mol. The number of hydrogen-bond donors (Lipinski definition) is 1. The Hall–Kier alpha value is -2.33. The summed E-state index contributed by atoms with van der Waals surface area (Å²) in [5.74, 6) is -1.37. The number of benzene rings is 1. The first kappa shape index (κ1) is 18.0. The molecule has 0 fully saturated rings. The first-order chi connectivity index (χ1) is 11.1. The van der Waals surface area contributed by atoms with Crippen molar-refractivity contribution in [3.8, 4) is 0 Å². The number of carboxylic acids is 1. The molecule has 0 aliphatic heterocycles. The zero-order chi connectivity index (χ0) is 18.1. The highest BCUT2D eigenvalue weighted by atomic mass is 32.2. The molecule has 7 nitrogen and oxygen atoms in total. The topological polar surface area (TPSA) is 92.5 Å². The van der Waals surface area contributed by atoms with Gasteiger partial charge in [-0.05, 0) is 24.6 Å². The van der Waals surface area contributed by atoms with Gasteiger partial charge in [-0.3, -0.25) is 4.57 Å². The first-order valence-corrected chi connectivity index (χ1v) is 8.18. The molecule has 1 aromatic heterocycles. The van der Waals surface area contributed by atoms with Gasteiger partial charge in [-0.1, -0.05) is 6.07 Å². The molecule has 0 atom stereocenters. The summed E-state index contributed by atoms with van der Waals surface area (Å²) >= 11 is 0. The van der Waals surface area contributed by atoms with Gasteiger partial charge in [0.05, 0.1) is 17.0 Å². The van der Waals surface area contributed by atoms with Gasteiger partial charge in [0.1, 0.15) is 5.82 Å². The van der Waals surface area contributed by atoms with Crippen molar-refractivity contribution in [1.29, 1.82) is 0 Å². The molecule has 0 bridgehead atoms. The van der Waals surface area contributed by atoms with Gasteiger partial charge < -0.3 is 5.11 Å². The summed E-state index contributed by atoms with van der Waals surface area (Å²) in [6.45, 7) is -1.67. The molecular weight excluding hydrogens is 344 g/mol. The molecule has 1 N–H and O–H groups in total. The average molecular weight is 359 g/mol. The molecular formula is C14H15F2N3O4S. The van der Waals surface area contributed by atoms with Gasteiger partial charge in [-0.25, -0.2) is 18.2 Å². The molecule has 130 valence electrons. The molecule has 0 aliphatic carbocycles. The van der Waals surface area contributed by atoms with E-state index >= 15 is 0 Å². The summed E-state index contributed by atoms with van der Waals surface area (Å²) in [6.07, 6.45) is 2.20. The van der Waals surface area contributed by atoms with E-state index in [1.807, 2.05) is 0 Å². The summed E-state index contributed by atoms with van der Waals surface area (Å²) in [5.41, 5.74) is 0.274. The summed E-state index contributed by atoms with van der Waals surface area (Å²) in [6, 6.07) is 3.70. The minimum atomic E-state index is -4.06. The number of imidazole rings is 1. The Morgan fingerprint density at radius 2 is 2.08 bits per heavy atom. The predicted molar refractivity (Wildman–Crippen MR) is 80.3 cm³/mol. The number of hydrogen-bond acceptors (Lipinski definition) is 4. The van der Waals surface area contributed by atoms with Crippen LogP contribution in [0.3, 0.4) is 0 Å². The molecule has 0 amide bonds. The number of aryl methyl sites for hydroxylation is 1. The van der Waals surface area contributed by atoms with Gasteiger partial charge in [0.25, 0.3) is 0 Å². The van der Waals surface area contributed by atoms with Crippen LogP contribution in [-0.4, -0.2) is 40.4 Å². The highest BCUT2D eigenvalue weighted by molar-refractivity contribution is 7.89. The third kappa shape index (κ3) is 3.44. The third-order valence-corrected chi connectivity index (χ3v) is 5.27. The number of alkyl halides is 2. The zero-order valence-electron chi connectivity index (χ0n) is 12.8. The Morgan fingerprint density at radius 3 is 2.67 bits per heavy atom. The molecule has 2 aromatic rings. The Bertz CT molecular complexity index is 865. The van der Waals surface area contributed by atoms with Crippen LogP contribution in [0.5, 0.6) is 0 Å². The molecule has 1 aromatic carbocycles. The fraction of sp³-hybridized carbons (Fsp3) is 0.286. The highest BCUT2D eigenvalue weighted by Crippen LogP contribution is 2.21. The second-order valence-electron chi connectivity index (χ2n) is 5.07. The van der Waals surface area contributed by atoms with E-state index in [-0.39, 0.29) is 22.8 Å². The van der Waals surface area contributed by atoms with Crippen molar-refractivity contribution in [1.82, 2.24) is 13.9 Å². The van der Waals surface area contributed by atoms with E-state index in [0.717, 1.165) is 22.8 Å². The summed E-state index contributed by atoms with van der Waals surface area (Å²) < 4.78 is 52.1. The van der Waals surface area contributed by atoms with Crippen LogP contribution < -0.4 is 0 Å². The molecule has 0 unspecified atom stereocenters. The second-order valence-corrected chi connectivity index (χ2v) is 7.12. The normalized spacial score (nSPS) is 12.1. The minimum absolute atomic E-state index is 0.123. The Labute approximate surface area is 137 Å². The van der Waals surface area contributed by atoms with E-state index in [4.69, 9.17) is 5.11 Å². The Balaban J connectivity index is 2.34. The molecule has 0 spiro atoms. The van der Waals surface area contributed by atoms with E-state index < -0.39 is 22.5 Å². The molecule has 2 rings (SSSR count). The van der Waals surface area contributed by atoms with Crippen molar-refractivity contribution >= 4 is 16.0 Å². The predicted octanol–water partition coefficient (Wildman–Crippen LogP) is 2.11. The van der Waals surface area contributed by atoms with Crippen molar-refractivity contribution in [3.63, 3.8) is 0 Å². The smallest absolute Gasteiger partial charge is 0.335 e. The van der Waals surface area contributed by atoms with Crippen LogP contribution in [-0.2, 0) is 16.6 Å². The number of sulfonamides is 1. The quantitative estimate of drug-likeness (QED) is 0.853. The van der Waals surface area contributed by atoms with E-state index in [1.54, 1.807) is 6.92 Å². The van der Waals surface area contributed by atoms with Crippen molar-refractivity contribution in [2.45, 2.75) is 24.9 Å². The van der Waals surface area contributed by atoms with Gasteiger partial charge in [0, 0.05) is 19.4 Å². The Morgan fingerprint density at radius 1 is 1.42 bits per heavy atom. The van der Waals surface area contributed by atoms with Crippen molar-refractivity contribution < 1.29 is 27.1 Å². The van der Waals surface area contributed by atoms with Crippen LogP contribution in [0.15, 0.2) is 35.5 Å². The van der Waals surface area contributed by atoms with Crippen LogP contribution in [0.25, 0.3) is 0 Å². The van der Waals surface area contributed by atoms with Gasteiger partial charge in [-0.2, -0.15) is 13.1 Å². The lowest BCUT2D eigenvalue weighted by atomic mass is 10.1. The number of carboxylic acid groups (broad SMARTS) is 1. The molecule has 0 saturated heterocycles. The van der Waals surface area contributed by atoms with Gasteiger partial charge >= 0.3 is 12.5 Å². The fourth-order valence-corrected chi connectivity index (χ4v) is 3.25. The molecule has 24 heavy (non-hydrogen) atoms. The number of halogens is 2. The molecule has 0 saturated carbocycles. The van der Waals surface area contributed by atoms with Gasteiger partial charge in [0.2, 0.25) is 10.0 Å². The minimum Gasteiger partial charge on any atom is -0.478 e. The number of nitrogens with zero attached hydrogens (tertiary/aromatic N) is 3. The van der Waals surface area contributed by atoms with E-state index in [2.05, 4.69) is 4.98 Å². The number of aromatic nitrogens is 2. The fourth-order valence-electron chi connectivity index (χ4n) is 2.10. The van der Waals surface area contributed by atoms with E-state index in [0.29, 0.717) is 10.1 Å². The van der Waals surface area contributed by atoms with Crippen LogP contribution in [0.2, 0.25) is 0 Å². The van der Waals surface area contributed by atoms with Crippen molar-refractivity contribution in [3.05, 3.63) is 47.5 Å². The van der Waals surface area contributed by atoms with Crippen LogP contribution in [0.1, 0.15) is 28.3 Å². The lowest BCUT2D eigenvalue weighted by molar-refractivity contribution is 0.0656. The lowest BCUT2D eigenvalue weighted by Gasteiger charge is -2.18. The number of carbonyl (C=O) groups is 1. The van der Waals surface area contributed by atoms with Gasteiger partial charge in [0.15, 0.2) is 0 Å². The maximum absolute atomic E-state index is 12.8. The standard InChI is InChI=1S/C14H15F2N3O4S/c1-9-3-4-10(7-11(9)13(20)21)24(22,23)18(2)8-12-17-5-6-19(12)14(15)16/h3-7,14H,8H2,1-2H3,(H,20,21). The molecule has 0 aliphatic rings. The molecule has 0 radical (unpaired) electrons. The van der Waals surface area contributed by atoms with E-state index in [9.17, 15) is 22.0 Å². The number of rotatable bonds is 6. The van der Waals surface area contributed by atoms with Crippen LogP contribution in [0, 0.1) is 6.92 Å². The summed E-state index contributed by atoms with van der Waals surface area (Å²) in [7, 11) is -2.85.